The van der Waals surface area contributed by atoms with E-state index in [0.29, 0.717) is 11.5 Å². The minimum Gasteiger partial charge on any atom is -0.319 e. The van der Waals surface area contributed by atoms with Crippen LogP contribution in [-0.2, 0) is 6.42 Å². The first-order valence-corrected chi connectivity index (χ1v) is 7.16. The van der Waals surface area contributed by atoms with Gasteiger partial charge >= 0.3 is 0 Å². The first-order chi connectivity index (χ1) is 8.75. The lowest BCUT2D eigenvalue weighted by Gasteiger charge is -2.27. The van der Waals surface area contributed by atoms with E-state index >= 15 is 0 Å². The van der Waals surface area contributed by atoms with Crippen LogP contribution in [0.3, 0.4) is 0 Å². The van der Waals surface area contributed by atoms with Crippen molar-refractivity contribution in [3.8, 4) is 0 Å². The molecule has 1 atom stereocenters. The van der Waals surface area contributed by atoms with Crippen LogP contribution in [0.15, 0.2) is 24.3 Å². The van der Waals surface area contributed by atoms with Crippen molar-refractivity contribution >= 4 is 0 Å². The maximum Gasteiger partial charge on any atom is 0.0386 e. The van der Waals surface area contributed by atoms with E-state index in [2.05, 4.69) is 55.9 Å². The normalized spacial score (nSPS) is 18.6. The van der Waals surface area contributed by atoms with Crippen LogP contribution in [0.2, 0.25) is 0 Å². The van der Waals surface area contributed by atoms with Crippen molar-refractivity contribution in [3.05, 3.63) is 35.4 Å². The second kappa shape index (κ2) is 5.85. The molecule has 1 unspecified atom stereocenters. The fraction of sp³-hybridized carbons (Fsp3) is 0.625. The van der Waals surface area contributed by atoms with Crippen LogP contribution in [0.5, 0.6) is 0 Å². The maximum atomic E-state index is 3.52. The van der Waals surface area contributed by atoms with Crippen molar-refractivity contribution in [2.24, 2.45) is 5.41 Å². The third kappa shape index (κ3) is 2.76. The number of nitrogens with one attached hydrogen (secondary N) is 2. The van der Waals surface area contributed by atoms with Gasteiger partial charge in [-0.05, 0) is 44.5 Å². The van der Waals surface area contributed by atoms with Gasteiger partial charge in [0.1, 0.15) is 0 Å². The molecule has 1 aromatic carbocycles. The number of rotatable bonds is 7. The monoisotopic (exact) mass is 246 g/mol. The topological polar surface area (TPSA) is 24.1 Å². The molecule has 0 bridgehead atoms. The first-order valence-electron chi connectivity index (χ1n) is 7.16. The molecule has 0 spiro atoms. The Bertz CT molecular complexity index is 365. The zero-order valence-corrected chi connectivity index (χ0v) is 11.9. The first kappa shape index (κ1) is 13.6. The van der Waals surface area contributed by atoms with Crippen LogP contribution in [-0.4, -0.2) is 20.6 Å². The zero-order chi connectivity index (χ0) is 13.0. The molecular formula is C16H26N2. The number of benzene rings is 1. The summed E-state index contributed by atoms with van der Waals surface area (Å²) in [5.74, 6) is 0. The molecule has 2 N–H and O–H groups in total. The molecule has 1 saturated carbocycles. The molecule has 0 amide bonds. The highest BCUT2D eigenvalue weighted by Crippen LogP contribution is 2.54. The van der Waals surface area contributed by atoms with E-state index in [4.69, 9.17) is 0 Å². The summed E-state index contributed by atoms with van der Waals surface area (Å²) in [4.78, 5) is 0. The van der Waals surface area contributed by atoms with E-state index in [9.17, 15) is 0 Å². The van der Waals surface area contributed by atoms with Gasteiger partial charge in [0.25, 0.3) is 0 Å². The third-order valence-electron chi connectivity index (χ3n) is 4.17. The minimum atomic E-state index is 0.440. The lowest BCUT2D eigenvalue weighted by molar-refractivity contribution is 0.347. The highest BCUT2D eigenvalue weighted by molar-refractivity contribution is 5.28. The third-order valence-corrected chi connectivity index (χ3v) is 4.17. The van der Waals surface area contributed by atoms with Crippen molar-refractivity contribution in [2.45, 2.75) is 38.6 Å². The summed E-state index contributed by atoms with van der Waals surface area (Å²) >= 11 is 0. The van der Waals surface area contributed by atoms with Crippen LogP contribution < -0.4 is 10.6 Å². The van der Waals surface area contributed by atoms with Gasteiger partial charge in [0, 0.05) is 18.0 Å². The fourth-order valence-electron chi connectivity index (χ4n) is 3.07. The lowest BCUT2D eigenvalue weighted by Crippen LogP contribution is -2.33. The van der Waals surface area contributed by atoms with Gasteiger partial charge in [-0.3, -0.25) is 0 Å². The fourth-order valence-corrected chi connectivity index (χ4v) is 3.07. The van der Waals surface area contributed by atoms with Crippen LogP contribution in [0.1, 0.15) is 43.4 Å². The molecule has 1 aromatic rings. The summed E-state index contributed by atoms with van der Waals surface area (Å²) in [6.07, 6.45) is 5.07. The Balaban J connectivity index is 2.12. The van der Waals surface area contributed by atoms with Crippen molar-refractivity contribution in [1.82, 2.24) is 10.6 Å². The average Bonchev–Trinajstić information content (AvgIpc) is 3.14. The quantitative estimate of drug-likeness (QED) is 0.773. The van der Waals surface area contributed by atoms with Gasteiger partial charge in [-0.2, -0.15) is 0 Å². The van der Waals surface area contributed by atoms with E-state index in [-0.39, 0.29) is 0 Å². The van der Waals surface area contributed by atoms with E-state index in [0.717, 1.165) is 6.54 Å². The largest absolute Gasteiger partial charge is 0.319 e. The van der Waals surface area contributed by atoms with Gasteiger partial charge in [-0.25, -0.2) is 0 Å². The maximum absolute atomic E-state index is 3.52. The van der Waals surface area contributed by atoms with Gasteiger partial charge in [0.05, 0.1) is 0 Å². The van der Waals surface area contributed by atoms with E-state index < -0.39 is 0 Å². The van der Waals surface area contributed by atoms with Gasteiger partial charge in [-0.1, -0.05) is 37.6 Å². The summed E-state index contributed by atoms with van der Waals surface area (Å²) in [6.45, 7) is 3.34. The molecule has 2 nitrogen and oxygen atoms in total. The molecule has 1 aliphatic rings. The van der Waals surface area contributed by atoms with Crippen LogP contribution in [0, 0.1) is 5.41 Å². The average molecular weight is 246 g/mol. The van der Waals surface area contributed by atoms with Crippen molar-refractivity contribution in [2.75, 3.05) is 20.6 Å². The second-order valence-corrected chi connectivity index (χ2v) is 5.61. The number of hydrogen-bond donors (Lipinski definition) is 2. The van der Waals surface area contributed by atoms with Crippen LogP contribution in [0.25, 0.3) is 0 Å². The molecule has 100 valence electrons. The van der Waals surface area contributed by atoms with Crippen molar-refractivity contribution in [1.29, 1.82) is 0 Å². The number of hydrogen-bond acceptors (Lipinski definition) is 2. The molecule has 0 aromatic heterocycles. The van der Waals surface area contributed by atoms with E-state index in [1.54, 1.807) is 0 Å². The Kier molecular flexibility index (Phi) is 4.41. The molecule has 0 heterocycles. The van der Waals surface area contributed by atoms with Crippen LogP contribution in [0.4, 0.5) is 0 Å². The Hall–Kier alpha value is -0.860. The molecule has 2 heteroatoms. The molecule has 18 heavy (non-hydrogen) atoms. The summed E-state index contributed by atoms with van der Waals surface area (Å²) in [5.41, 5.74) is 3.33. The predicted molar refractivity (Wildman–Crippen MR) is 77.8 cm³/mol. The minimum absolute atomic E-state index is 0.440. The highest BCUT2D eigenvalue weighted by Gasteiger charge is 2.48. The SMILES string of the molecule is CCCc1ccc(C(NC)C2(CNC)CC2)cc1. The van der Waals surface area contributed by atoms with Crippen LogP contribution >= 0.6 is 0 Å². The van der Waals surface area contributed by atoms with Gasteiger partial charge < -0.3 is 10.6 Å². The summed E-state index contributed by atoms with van der Waals surface area (Å²) in [5, 5.41) is 6.86. The van der Waals surface area contributed by atoms with Gasteiger partial charge in [-0.15, -0.1) is 0 Å². The Morgan fingerprint density at radius 1 is 1.17 bits per heavy atom. The molecular weight excluding hydrogens is 220 g/mol. The molecule has 0 saturated heterocycles. The Morgan fingerprint density at radius 2 is 1.83 bits per heavy atom. The Labute approximate surface area is 111 Å². The van der Waals surface area contributed by atoms with E-state index in [1.165, 1.54) is 36.8 Å². The molecule has 1 aliphatic carbocycles. The summed E-state index contributed by atoms with van der Waals surface area (Å²) in [7, 11) is 4.14. The van der Waals surface area contributed by atoms with Crippen molar-refractivity contribution in [3.63, 3.8) is 0 Å². The summed E-state index contributed by atoms with van der Waals surface area (Å²) < 4.78 is 0. The molecule has 0 radical (unpaired) electrons. The Morgan fingerprint density at radius 3 is 2.28 bits per heavy atom. The van der Waals surface area contributed by atoms with Gasteiger partial charge in [0.15, 0.2) is 0 Å². The van der Waals surface area contributed by atoms with Gasteiger partial charge in [0.2, 0.25) is 0 Å². The molecule has 1 fully saturated rings. The molecule has 0 aliphatic heterocycles. The second-order valence-electron chi connectivity index (χ2n) is 5.61. The predicted octanol–water partition coefficient (Wildman–Crippen LogP) is 2.90. The standard InChI is InChI=1S/C16H26N2/c1-4-5-13-6-8-14(9-7-13)15(18-3)16(10-11-16)12-17-2/h6-9,15,17-18H,4-5,10-12H2,1-3H3. The highest BCUT2D eigenvalue weighted by atomic mass is 15.0. The number of aryl methyl sites for hydroxylation is 1. The van der Waals surface area contributed by atoms with E-state index in [1.807, 2.05) is 0 Å². The van der Waals surface area contributed by atoms with Crippen molar-refractivity contribution < 1.29 is 0 Å². The molecule has 2 rings (SSSR count). The lowest BCUT2D eigenvalue weighted by atomic mass is 9.89. The summed E-state index contributed by atoms with van der Waals surface area (Å²) in [6, 6.07) is 9.68. The zero-order valence-electron chi connectivity index (χ0n) is 11.9. The smallest absolute Gasteiger partial charge is 0.0386 e.